The highest BCUT2D eigenvalue weighted by atomic mass is 14.9. The van der Waals surface area contributed by atoms with Crippen LogP contribution in [0.25, 0.3) is 33.5 Å². The van der Waals surface area contributed by atoms with Gasteiger partial charge in [0.2, 0.25) is 5.69 Å². The van der Waals surface area contributed by atoms with E-state index in [1.54, 1.807) is 6.20 Å². The molecule has 0 atom stereocenters. The highest BCUT2D eigenvalue weighted by molar-refractivity contribution is 5.99. The van der Waals surface area contributed by atoms with E-state index in [1.165, 1.54) is 50.1 Å². The van der Waals surface area contributed by atoms with Gasteiger partial charge in [-0.05, 0) is 96.4 Å². The maximum atomic E-state index is 9.49. The molecule has 4 aromatic rings. The monoisotopic (exact) mass is 475 g/mol. The van der Waals surface area contributed by atoms with Crippen LogP contribution in [0.4, 0.5) is 0 Å². The Hall–Kier alpha value is -3.26. The van der Waals surface area contributed by atoms with E-state index < -0.39 is 12.7 Å². The van der Waals surface area contributed by atoms with Gasteiger partial charge in [-0.15, -0.1) is 0 Å². The summed E-state index contributed by atoms with van der Waals surface area (Å²) < 4.78 is 36.6. The zero-order valence-corrected chi connectivity index (χ0v) is 21.5. The highest BCUT2D eigenvalue weighted by Gasteiger charge is 2.36. The fraction of sp³-hybridized carbons (Fsp3) is 0.353. The maximum absolute atomic E-state index is 9.49. The number of rotatable bonds is 2. The molecule has 0 unspecified atom stereocenters. The van der Waals surface area contributed by atoms with Crippen molar-refractivity contribution < 1.29 is 10.1 Å². The molecule has 2 aromatic heterocycles. The Morgan fingerprint density at radius 2 is 1.72 bits per heavy atom. The molecule has 0 aliphatic heterocycles. The van der Waals surface area contributed by atoms with Crippen LogP contribution in [0.5, 0.6) is 0 Å². The van der Waals surface area contributed by atoms with Crippen LogP contribution in [0.1, 0.15) is 88.2 Å². The van der Waals surface area contributed by atoms with Gasteiger partial charge >= 0.3 is 0 Å². The number of benzene rings is 2. The summed E-state index contributed by atoms with van der Waals surface area (Å²) in [6.07, 6.45) is 7.88. The predicted molar refractivity (Wildman–Crippen MR) is 147 cm³/mol. The summed E-state index contributed by atoms with van der Waals surface area (Å²) >= 11 is 0. The first-order chi connectivity index (χ1) is 19.1. The number of aryl methyl sites for hydroxylation is 3. The minimum atomic E-state index is -2.27. The normalized spacial score (nSPS) is 18.9. The van der Waals surface area contributed by atoms with Gasteiger partial charge in [0.1, 0.15) is 7.05 Å². The Morgan fingerprint density at radius 1 is 0.917 bits per heavy atom. The Balaban J connectivity index is 1.54. The first-order valence-electron chi connectivity index (χ1n) is 15.4. The van der Waals surface area contributed by atoms with E-state index in [2.05, 4.69) is 49.4 Å². The van der Waals surface area contributed by atoms with Crippen molar-refractivity contribution in [1.82, 2.24) is 4.98 Å². The molecule has 36 heavy (non-hydrogen) atoms. The summed E-state index contributed by atoms with van der Waals surface area (Å²) in [5, 5.41) is 0. The van der Waals surface area contributed by atoms with Gasteiger partial charge in [-0.1, -0.05) is 49.6 Å². The predicted octanol–water partition coefficient (Wildman–Crippen LogP) is 7.69. The average Bonchev–Trinajstić information content (AvgIpc) is 3.47. The lowest BCUT2D eigenvalue weighted by molar-refractivity contribution is -0.660. The molecular weight excluding hydrogens is 436 g/mol. The molecule has 3 aliphatic rings. The first-order valence-corrected chi connectivity index (χ1v) is 13.4. The van der Waals surface area contributed by atoms with E-state index in [1.807, 2.05) is 18.5 Å². The van der Waals surface area contributed by atoms with Gasteiger partial charge < -0.3 is 0 Å². The molecule has 1 fully saturated rings. The Labute approximate surface area is 220 Å². The van der Waals surface area contributed by atoms with Gasteiger partial charge in [-0.2, -0.15) is 0 Å². The fourth-order valence-electron chi connectivity index (χ4n) is 7.02. The third kappa shape index (κ3) is 3.16. The van der Waals surface area contributed by atoms with Gasteiger partial charge in [0, 0.05) is 34.8 Å². The zero-order chi connectivity index (χ0) is 28.0. The highest BCUT2D eigenvalue weighted by Crippen LogP contribution is 2.53. The minimum absolute atomic E-state index is 0.319. The van der Waals surface area contributed by atoms with Crippen LogP contribution in [-0.2, 0) is 19.9 Å². The van der Waals surface area contributed by atoms with E-state index in [0.717, 1.165) is 49.2 Å². The Kier molecular flexibility index (Phi) is 4.08. The summed E-state index contributed by atoms with van der Waals surface area (Å²) in [6, 6.07) is 15.1. The van der Waals surface area contributed by atoms with Gasteiger partial charge in [0.15, 0.2) is 6.20 Å². The molecule has 0 saturated heterocycles. The molecule has 0 radical (unpaired) electrons. The van der Waals surface area contributed by atoms with Crippen molar-refractivity contribution in [1.29, 1.82) is 0 Å². The Bertz CT molecular complexity index is 1710. The molecule has 2 heteroatoms. The second-order valence-corrected chi connectivity index (χ2v) is 10.9. The number of hydrogen-bond acceptors (Lipinski definition) is 1. The number of fused-ring (bicyclic) bond motifs is 7. The Morgan fingerprint density at radius 3 is 2.56 bits per heavy atom. The molecule has 180 valence electrons. The van der Waals surface area contributed by atoms with Crippen molar-refractivity contribution in [3.8, 4) is 33.5 Å². The molecule has 2 aromatic carbocycles. The topological polar surface area (TPSA) is 16.8 Å². The van der Waals surface area contributed by atoms with Crippen LogP contribution in [0.15, 0.2) is 48.7 Å². The van der Waals surface area contributed by atoms with Crippen LogP contribution in [0.2, 0.25) is 0 Å². The first kappa shape index (κ1) is 18.1. The number of aromatic nitrogens is 2. The smallest absolute Gasteiger partial charge is 0.213 e. The van der Waals surface area contributed by atoms with E-state index >= 15 is 0 Å². The summed E-state index contributed by atoms with van der Waals surface area (Å²) in [5.41, 5.74) is 15.7. The number of hydrogen-bond donors (Lipinski definition) is 0. The molecule has 0 amide bonds. The largest absolute Gasteiger partial charge is 0.257 e. The molecular formula is C34H35N2+. The second-order valence-electron chi connectivity index (χ2n) is 10.9. The quantitative estimate of drug-likeness (QED) is 0.235. The average molecular weight is 476 g/mol. The van der Waals surface area contributed by atoms with Crippen molar-refractivity contribution in [2.24, 2.45) is 7.05 Å². The van der Waals surface area contributed by atoms with E-state index in [9.17, 15) is 1.37 Å². The SMILES string of the molecule is [2H]C([2H])([2H])c1c[n+](C)c(-c2c(C)c3c(c4c2Cc2nc(C)ccc2-4)-c2ccccc2C3)cc1C1([2H])CCCCC1. The van der Waals surface area contributed by atoms with Gasteiger partial charge in [0.25, 0.3) is 0 Å². The van der Waals surface area contributed by atoms with Gasteiger partial charge in [-0.3, -0.25) is 4.98 Å². The lowest BCUT2D eigenvalue weighted by Gasteiger charge is -2.24. The van der Waals surface area contributed by atoms with E-state index in [0.29, 0.717) is 24.0 Å². The van der Waals surface area contributed by atoms with Crippen LogP contribution >= 0.6 is 0 Å². The number of pyridine rings is 2. The van der Waals surface area contributed by atoms with Crippen molar-refractivity contribution in [2.75, 3.05) is 0 Å². The van der Waals surface area contributed by atoms with Crippen LogP contribution < -0.4 is 4.57 Å². The summed E-state index contributed by atoms with van der Waals surface area (Å²) in [4.78, 5) is 4.97. The zero-order valence-electron chi connectivity index (χ0n) is 25.5. The molecule has 0 N–H and O–H groups in total. The summed E-state index contributed by atoms with van der Waals surface area (Å²) in [6.45, 7) is 2.01. The minimum Gasteiger partial charge on any atom is -0.257 e. The maximum Gasteiger partial charge on any atom is 0.213 e. The summed E-state index contributed by atoms with van der Waals surface area (Å²) in [5.74, 6) is -0.878. The van der Waals surface area contributed by atoms with Crippen LogP contribution in [0.3, 0.4) is 0 Å². The lowest BCUT2D eigenvalue weighted by Crippen LogP contribution is -2.32. The standard InChI is InChI=1S/C34H35N2/c1-20-19-36(4)31(18-27(20)23-10-6-5-7-11-23)32-22(3)28-16-24-12-8-9-13-25(24)33(28)34-26-15-14-21(2)35-30(26)17-29(32)34/h8-9,12-15,18-19,23H,5-7,10-11,16-17H2,1-4H3/q+1/i1D3,23D. The molecule has 0 spiro atoms. The molecule has 7 rings (SSSR count). The van der Waals surface area contributed by atoms with E-state index in [-0.39, 0.29) is 0 Å². The molecule has 0 bridgehead atoms. The van der Waals surface area contributed by atoms with E-state index in [4.69, 9.17) is 9.10 Å². The van der Waals surface area contributed by atoms with Crippen molar-refractivity contribution in [2.45, 2.75) is 71.5 Å². The third-order valence-electron chi connectivity index (χ3n) is 8.73. The van der Waals surface area contributed by atoms with Crippen molar-refractivity contribution >= 4 is 0 Å². The molecule has 1 saturated carbocycles. The van der Waals surface area contributed by atoms with Gasteiger partial charge in [-0.25, -0.2) is 4.57 Å². The fourth-order valence-corrected chi connectivity index (χ4v) is 7.02. The molecule has 2 nitrogen and oxygen atoms in total. The third-order valence-corrected chi connectivity index (χ3v) is 8.73. The van der Waals surface area contributed by atoms with Gasteiger partial charge in [0.05, 0.1) is 11.3 Å². The van der Waals surface area contributed by atoms with Crippen molar-refractivity contribution in [3.63, 3.8) is 0 Å². The summed E-state index contributed by atoms with van der Waals surface area (Å²) in [7, 11) is 1.96. The van der Waals surface area contributed by atoms with Crippen LogP contribution in [-0.4, -0.2) is 4.98 Å². The second kappa shape index (κ2) is 8.13. The van der Waals surface area contributed by atoms with Crippen LogP contribution in [0, 0.1) is 20.7 Å². The van der Waals surface area contributed by atoms with Crippen molar-refractivity contribution in [3.05, 3.63) is 93.4 Å². The molecule has 3 aliphatic carbocycles. The lowest BCUT2D eigenvalue weighted by atomic mass is 9.81. The molecule has 2 heterocycles. The number of nitrogens with zero attached hydrogens (tertiary/aromatic N) is 2.